The van der Waals surface area contributed by atoms with Crippen LogP contribution in [0.15, 0.2) is 4.52 Å². The minimum atomic E-state index is -0.663. The molecule has 0 radical (unpaired) electrons. The molecule has 0 aromatic carbocycles. The summed E-state index contributed by atoms with van der Waals surface area (Å²) >= 11 is 0. The largest absolute Gasteiger partial charge is 0.363 e. The predicted octanol–water partition coefficient (Wildman–Crippen LogP) is 0.157. The quantitative estimate of drug-likeness (QED) is 0.725. The molecule has 0 aliphatic carbocycles. The van der Waals surface area contributed by atoms with Gasteiger partial charge in [0.15, 0.2) is 0 Å². The molecule has 0 spiro atoms. The van der Waals surface area contributed by atoms with Gasteiger partial charge in [0.25, 0.3) is 11.7 Å². The van der Waals surface area contributed by atoms with Gasteiger partial charge < -0.3 is 15.6 Å². The summed E-state index contributed by atoms with van der Waals surface area (Å²) < 4.78 is 5.04. The molecule has 2 rings (SSSR count). The molecule has 15 heavy (non-hydrogen) atoms. The van der Waals surface area contributed by atoms with Crippen molar-refractivity contribution in [3.8, 4) is 0 Å². The molecule has 1 aliphatic rings. The van der Waals surface area contributed by atoms with E-state index < -0.39 is 5.91 Å². The molecule has 1 amide bonds. The van der Waals surface area contributed by atoms with Crippen molar-refractivity contribution >= 4 is 5.91 Å². The summed E-state index contributed by atoms with van der Waals surface area (Å²) in [5.74, 6) is -0.279. The zero-order chi connectivity index (χ0) is 10.9. The van der Waals surface area contributed by atoms with Gasteiger partial charge in [0.05, 0.1) is 5.54 Å². The number of carbonyl (C=O) groups is 1. The molecule has 1 aromatic heterocycles. The SMILES string of the molecule is CC1(c2nc(C(N)=O)no2)CCCCN1. The van der Waals surface area contributed by atoms with Gasteiger partial charge in [-0.2, -0.15) is 4.98 Å². The topological polar surface area (TPSA) is 94.0 Å². The lowest BCUT2D eigenvalue weighted by atomic mass is 9.91. The van der Waals surface area contributed by atoms with Crippen molar-refractivity contribution in [1.82, 2.24) is 15.5 Å². The summed E-state index contributed by atoms with van der Waals surface area (Å²) in [6.07, 6.45) is 3.18. The second kappa shape index (κ2) is 3.62. The smallest absolute Gasteiger partial charge is 0.290 e. The van der Waals surface area contributed by atoms with Gasteiger partial charge in [0, 0.05) is 0 Å². The Kier molecular flexibility index (Phi) is 2.44. The maximum absolute atomic E-state index is 10.8. The fourth-order valence-corrected chi connectivity index (χ4v) is 1.79. The summed E-state index contributed by atoms with van der Waals surface area (Å²) in [6.45, 7) is 2.91. The molecule has 3 N–H and O–H groups in total. The van der Waals surface area contributed by atoms with Gasteiger partial charge in [-0.05, 0) is 32.7 Å². The Morgan fingerprint density at radius 3 is 2.93 bits per heavy atom. The Bertz CT molecular complexity index is 368. The maximum Gasteiger partial charge on any atom is 0.290 e. The standard InChI is InChI=1S/C9H14N4O2/c1-9(4-2-3-5-11-9)8-12-7(6(10)14)13-15-8/h11H,2-5H2,1H3,(H2,10,14). The van der Waals surface area contributed by atoms with Crippen LogP contribution in [0.4, 0.5) is 0 Å². The van der Waals surface area contributed by atoms with Gasteiger partial charge in [0.2, 0.25) is 5.89 Å². The van der Waals surface area contributed by atoms with Crippen molar-refractivity contribution in [1.29, 1.82) is 0 Å². The van der Waals surface area contributed by atoms with Crippen LogP contribution in [0.25, 0.3) is 0 Å². The van der Waals surface area contributed by atoms with Crippen LogP contribution in [0.2, 0.25) is 0 Å². The Morgan fingerprint density at radius 1 is 1.60 bits per heavy atom. The molecule has 6 nitrogen and oxygen atoms in total. The molecule has 1 aliphatic heterocycles. The Balaban J connectivity index is 2.23. The average molecular weight is 210 g/mol. The molecule has 1 saturated heterocycles. The molecule has 2 heterocycles. The molecular formula is C9H14N4O2. The molecule has 0 saturated carbocycles. The first-order valence-corrected chi connectivity index (χ1v) is 5.01. The van der Waals surface area contributed by atoms with Crippen LogP contribution in [-0.2, 0) is 5.54 Å². The van der Waals surface area contributed by atoms with Gasteiger partial charge in [0.1, 0.15) is 0 Å². The van der Waals surface area contributed by atoms with Crippen molar-refractivity contribution < 1.29 is 9.32 Å². The van der Waals surface area contributed by atoms with Crippen molar-refractivity contribution in [3.05, 3.63) is 11.7 Å². The average Bonchev–Trinajstić information content (AvgIpc) is 2.68. The van der Waals surface area contributed by atoms with Crippen molar-refractivity contribution in [3.63, 3.8) is 0 Å². The van der Waals surface area contributed by atoms with E-state index in [0.29, 0.717) is 5.89 Å². The molecule has 82 valence electrons. The maximum atomic E-state index is 10.8. The minimum absolute atomic E-state index is 0.0569. The van der Waals surface area contributed by atoms with Gasteiger partial charge in [-0.3, -0.25) is 4.79 Å². The van der Waals surface area contributed by atoms with E-state index >= 15 is 0 Å². The van der Waals surface area contributed by atoms with Crippen LogP contribution in [0, 0.1) is 0 Å². The van der Waals surface area contributed by atoms with Gasteiger partial charge in [-0.25, -0.2) is 0 Å². The zero-order valence-corrected chi connectivity index (χ0v) is 8.62. The third kappa shape index (κ3) is 1.85. The summed E-state index contributed by atoms with van der Waals surface area (Å²) in [5.41, 5.74) is 4.73. The van der Waals surface area contributed by atoms with Crippen molar-refractivity contribution in [2.24, 2.45) is 5.73 Å². The number of carbonyl (C=O) groups excluding carboxylic acids is 1. The monoisotopic (exact) mass is 210 g/mol. The van der Waals surface area contributed by atoms with Crippen molar-refractivity contribution in [2.45, 2.75) is 31.7 Å². The first-order chi connectivity index (χ1) is 7.12. The first-order valence-electron chi connectivity index (χ1n) is 5.01. The summed E-state index contributed by atoms with van der Waals surface area (Å²) in [7, 11) is 0. The number of nitrogens with one attached hydrogen (secondary N) is 1. The van der Waals surface area contributed by atoms with E-state index in [-0.39, 0.29) is 11.4 Å². The molecule has 1 aromatic rings. The zero-order valence-electron chi connectivity index (χ0n) is 8.62. The summed E-state index contributed by atoms with van der Waals surface area (Å²) in [5, 5.41) is 6.85. The van der Waals surface area contributed by atoms with E-state index in [4.69, 9.17) is 10.3 Å². The number of piperidine rings is 1. The second-order valence-electron chi connectivity index (χ2n) is 4.00. The second-order valence-corrected chi connectivity index (χ2v) is 4.00. The van der Waals surface area contributed by atoms with Crippen molar-refractivity contribution in [2.75, 3.05) is 6.54 Å². The van der Waals surface area contributed by atoms with Gasteiger partial charge in [-0.1, -0.05) is 5.16 Å². The molecule has 1 atom stereocenters. The highest BCUT2D eigenvalue weighted by atomic mass is 16.5. The lowest BCUT2D eigenvalue weighted by Crippen LogP contribution is -2.43. The molecule has 6 heteroatoms. The van der Waals surface area contributed by atoms with Crippen LogP contribution in [0.1, 0.15) is 42.7 Å². The highest BCUT2D eigenvalue weighted by molar-refractivity contribution is 5.88. The number of amides is 1. The van der Waals surface area contributed by atoms with Crippen LogP contribution in [-0.4, -0.2) is 22.6 Å². The Morgan fingerprint density at radius 2 is 2.40 bits per heavy atom. The van der Waals surface area contributed by atoms with Crippen LogP contribution in [0.5, 0.6) is 0 Å². The summed E-state index contributed by atoms with van der Waals surface area (Å²) in [4.78, 5) is 14.8. The molecule has 0 bridgehead atoms. The molecular weight excluding hydrogens is 196 g/mol. The first kappa shape index (κ1) is 10.1. The fraction of sp³-hybridized carbons (Fsp3) is 0.667. The normalized spacial score (nSPS) is 26.5. The highest BCUT2D eigenvalue weighted by Gasteiger charge is 2.34. The lowest BCUT2D eigenvalue weighted by molar-refractivity contribution is 0.0987. The predicted molar refractivity (Wildman–Crippen MR) is 52.0 cm³/mol. The number of nitrogens with zero attached hydrogens (tertiary/aromatic N) is 2. The highest BCUT2D eigenvalue weighted by Crippen LogP contribution is 2.28. The van der Waals surface area contributed by atoms with E-state index in [0.717, 1.165) is 25.8 Å². The summed E-state index contributed by atoms with van der Waals surface area (Å²) in [6, 6.07) is 0. The van der Waals surface area contributed by atoms with E-state index in [1.54, 1.807) is 0 Å². The van der Waals surface area contributed by atoms with E-state index in [2.05, 4.69) is 15.5 Å². The number of hydrogen-bond donors (Lipinski definition) is 2. The van der Waals surface area contributed by atoms with Crippen LogP contribution < -0.4 is 11.1 Å². The van der Waals surface area contributed by atoms with Gasteiger partial charge >= 0.3 is 0 Å². The Hall–Kier alpha value is -1.43. The number of aromatic nitrogens is 2. The fourth-order valence-electron chi connectivity index (χ4n) is 1.79. The molecule has 1 unspecified atom stereocenters. The van der Waals surface area contributed by atoms with Crippen LogP contribution in [0.3, 0.4) is 0 Å². The third-order valence-corrected chi connectivity index (χ3v) is 2.74. The number of rotatable bonds is 2. The van der Waals surface area contributed by atoms with E-state index in [1.165, 1.54) is 0 Å². The lowest BCUT2D eigenvalue weighted by Gasteiger charge is -2.31. The Labute approximate surface area is 87.2 Å². The minimum Gasteiger partial charge on any atom is -0.363 e. The molecule has 1 fully saturated rings. The van der Waals surface area contributed by atoms with Gasteiger partial charge in [-0.15, -0.1) is 0 Å². The van der Waals surface area contributed by atoms with Crippen LogP contribution >= 0.6 is 0 Å². The van der Waals surface area contributed by atoms with E-state index in [1.807, 2.05) is 6.92 Å². The number of nitrogens with two attached hydrogens (primary N) is 1. The number of hydrogen-bond acceptors (Lipinski definition) is 5. The number of primary amides is 1. The third-order valence-electron chi connectivity index (χ3n) is 2.74. The van der Waals surface area contributed by atoms with E-state index in [9.17, 15) is 4.79 Å².